The lowest BCUT2D eigenvalue weighted by atomic mass is 10.1. The number of nitrogens with zero attached hydrogens (tertiary/aromatic N) is 1. The summed E-state index contributed by atoms with van der Waals surface area (Å²) in [5, 5.41) is 0. The van der Waals surface area contributed by atoms with E-state index in [9.17, 15) is 0 Å². The molecule has 0 aliphatic rings. The van der Waals surface area contributed by atoms with Gasteiger partial charge in [-0.25, -0.2) is 0 Å². The highest BCUT2D eigenvalue weighted by Crippen LogP contribution is 2.15. The van der Waals surface area contributed by atoms with Crippen molar-refractivity contribution in [3.05, 3.63) is 29.8 Å². The van der Waals surface area contributed by atoms with Crippen LogP contribution in [-0.4, -0.2) is 0 Å². The van der Waals surface area contributed by atoms with Gasteiger partial charge in [-0.15, -0.1) is 0 Å². The maximum absolute atomic E-state index is 2.39. The predicted molar refractivity (Wildman–Crippen MR) is 70.8 cm³/mol. The Labute approximate surface area is 102 Å². The van der Waals surface area contributed by atoms with Crippen LogP contribution in [0.3, 0.4) is 0 Å². The number of fused-ring (bicyclic) bond motifs is 1. The Morgan fingerprint density at radius 3 is 2.75 bits per heavy atom. The van der Waals surface area contributed by atoms with Crippen LogP contribution in [0.2, 0.25) is 0 Å². The molecule has 0 bridgehead atoms. The maximum atomic E-state index is 2.39. The van der Waals surface area contributed by atoms with Gasteiger partial charge in [-0.1, -0.05) is 49.7 Å². The zero-order valence-corrected chi connectivity index (χ0v) is 10.8. The normalized spacial score (nSPS) is 11.1. The highest BCUT2D eigenvalue weighted by Gasteiger charge is 2.09. The van der Waals surface area contributed by atoms with Crippen LogP contribution in [0.4, 0.5) is 0 Å². The van der Waals surface area contributed by atoms with Crippen LogP contribution in [0, 0.1) is 0 Å². The Bertz CT molecular complexity index is 433. The van der Waals surface area contributed by atoms with E-state index in [1.165, 1.54) is 48.9 Å². The van der Waals surface area contributed by atoms with Crippen LogP contribution in [0.1, 0.15) is 39.0 Å². The van der Waals surface area contributed by atoms with Crippen molar-refractivity contribution in [2.75, 3.05) is 0 Å². The van der Waals surface area contributed by atoms with Crippen molar-refractivity contribution in [1.29, 1.82) is 0 Å². The molecular formula is C14H20NS+. The second kappa shape index (κ2) is 6.00. The SMILES string of the molecule is CCCCCCC[n+]1csc2ccccc21. The lowest BCUT2D eigenvalue weighted by molar-refractivity contribution is -0.667. The van der Waals surface area contributed by atoms with E-state index in [1.54, 1.807) is 0 Å². The number of aromatic nitrogens is 1. The quantitative estimate of drug-likeness (QED) is 0.522. The van der Waals surface area contributed by atoms with E-state index in [0.29, 0.717) is 0 Å². The van der Waals surface area contributed by atoms with E-state index in [1.807, 2.05) is 11.3 Å². The number of hydrogen-bond acceptors (Lipinski definition) is 1. The van der Waals surface area contributed by atoms with Gasteiger partial charge >= 0.3 is 0 Å². The van der Waals surface area contributed by atoms with E-state index in [-0.39, 0.29) is 0 Å². The van der Waals surface area contributed by atoms with Gasteiger partial charge in [0, 0.05) is 12.5 Å². The van der Waals surface area contributed by atoms with Crippen molar-refractivity contribution in [2.24, 2.45) is 0 Å². The standard InChI is InChI=1S/C14H20NS/c1-2-3-4-5-8-11-15-12-16-14-10-7-6-9-13(14)15/h6-7,9-10,12H,2-5,8,11H2,1H3/q+1. The van der Waals surface area contributed by atoms with Gasteiger partial charge in [0.25, 0.3) is 0 Å². The second-order valence-corrected chi connectivity index (χ2v) is 5.18. The van der Waals surface area contributed by atoms with Crippen molar-refractivity contribution in [2.45, 2.75) is 45.6 Å². The van der Waals surface area contributed by atoms with Crippen molar-refractivity contribution in [1.82, 2.24) is 0 Å². The molecule has 0 N–H and O–H groups in total. The summed E-state index contributed by atoms with van der Waals surface area (Å²) in [5.74, 6) is 0. The lowest BCUT2D eigenvalue weighted by Gasteiger charge is -1.96. The summed E-state index contributed by atoms with van der Waals surface area (Å²) in [7, 11) is 0. The molecule has 86 valence electrons. The summed E-state index contributed by atoms with van der Waals surface area (Å²) in [6, 6.07) is 8.67. The highest BCUT2D eigenvalue weighted by atomic mass is 32.1. The average Bonchev–Trinajstić information content (AvgIpc) is 2.73. The van der Waals surface area contributed by atoms with Crippen molar-refractivity contribution in [3.63, 3.8) is 0 Å². The van der Waals surface area contributed by atoms with Crippen LogP contribution in [0.15, 0.2) is 29.8 Å². The number of hydrogen-bond donors (Lipinski definition) is 0. The number of aryl methyl sites for hydroxylation is 1. The second-order valence-electron chi connectivity index (χ2n) is 4.30. The summed E-state index contributed by atoms with van der Waals surface area (Å²) in [4.78, 5) is 0. The molecule has 2 heteroatoms. The first-order valence-corrected chi connectivity index (χ1v) is 7.15. The van der Waals surface area contributed by atoms with Gasteiger partial charge in [-0.2, -0.15) is 4.57 Å². The zero-order valence-electron chi connectivity index (χ0n) is 9.98. The fourth-order valence-corrected chi connectivity index (χ4v) is 2.95. The first kappa shape index (κ1) is 11.6. The maximum Gasteiger partial charge on any atom is 0.225 e. The molecule has 1 aromatic heterocycles. The Morgan fingerprint density at radius 1 is 1.06 bits per heavy atom. The van der Waals surface area contributed by atoms with Gasteiger partial charge in [0.15, 0.2) is 0 Å². The molecule has 0 radical (unpaired) electrons. The summed E-state index contributed by atoms with van der Waals surface area (Å²) in [6.45, 7) is 3.44. The zero-order chi connectivity index (χ0) is 11.2. The van der Waals surface area contributed by atoms with Gasteiger partial charge in [0.2, 0.25) is 11.0 Å². The monoisotopic (exact) mass is 234 g/mol. The number of thiazole rings is 1. The molecule has 1 heterocycles. The molecule has 16 heavy (non-hydrogen) atoms. The van der Waals surface area contributed by atoms with Gasteiger partial charge in [-0.3, -0.25) is 0 Å². The van der Waals surface area contributed by atoms with Gasteiger partial charge < -0.3 is 0 Å². The molecule has 1 aromatic carbocycles. The van der Waals surface area contributed by atoms with E-state index in [4.69, 9.17) is 0 Å². The molecule has 0 aliphatic heterocycles. The Hall–Kier alpha value is -0.890. The van der Waals surface area contributed by atoms with E-state index < -0.39 is 0 Å². The molecule has 2 aromatic rings. The largest absolute Gasteiger partial charge is 0.225 e. The third-order valence-electron chi connectivity index (χ3n) is 2.98. The Morgan fingerprint density at radius 2 is 1.88 bits per heavy atom. The molecule has 0 unspecified atom stereocenters. The number of para-hydroxylation sites is 1. The van der Waals surface area contributed by atoms with Crippen molar-refractivity contribution in [3.8, 4) is 0 Å². The van der Waals surface area contributed by atoms with Gasteiger partial charge in [0.1, 0.15) is 11.2 Å². The van der Waals surface area contributed by atoms with E-state index >= 15 is 0 Å². The molecule has 0 amide bonds. The molecule has 0 fully saturated rings. The topological polar surface area (TPSA) is 3.88 Å². The Balaban J connectivity index is 1.89. The van der Waals surface area contributed by atoms with Crippen LogP contribution < -0.4 is 4.57 Å². The first-order chi connectivity index (χ1) is 7.92. The average molecular weight is 234 g/mol. The summed E-state index contributed by atoms with van der Waals surface area (Å²) in [5.41, 5.74) is 3.65. The number of unbranched alkanes of at least 4 members (excludes halogenated alkanes) is 4. The minimum absolute atomic E-state index is 1.17. The van der Waals surface area contributed by atoms with Crippen molar-refractivity contribution < 1.29 is 4.57 Å². The first-order valence-electron chi connectivity index (χ1n) is 6.27. The third kappa shape index (κ3) is 2.82. The molecule has 0 saturated carbocycles. The summed E-state index contributed by atoms with van der Waals surface area (Å²) < 4.78 is 3.79. The molecule has 0 spiro atoms. The molecule has 1 nitrogen and oxygen atoms in total. The fourth-order valence-electron chi connectivity index (χ4n) is 2.03. The number of rotatable bonds is 6. The minimum atomic E-state index is 1.17. The highest BCUT2D eigenvalue weighted by molar-refractivity contribution is 7.16. The van der Waals surface area contributed by atoms with Gasteiger partial charge in [-0.05, 0) is 12.5 Å². The minimum Gasteiger partial charge on any atom is -0.188 e. The molecular weight excluding hydrogens is 214 g/mol. The van der Waals surface area contributed by atoms with Crippen LogP contribution >= 0.6 is 11.3 Å². The van der Waals surface area contributed by atoms with Gasteiger partial charge in [0.05, 0.1) is 0 Å². The van der Waals surface area contributed by atoms with Crippen LogP contribution in [0.5, 0.6) is 0 Å². The summed E-state index contributed by atoms with van der Waals surface area (Å²) >= 11 is 1.85. The van der Waals surface area contributed by atoms with E-state index in [0.717, 1.165) is 0 Å². The summed E-state index contributed by atoms with van der Waals surface area (Å²) in [6.07, 6.45) is 6.78. The van der Waals surface area contributed by atoms with Crippen LogP contribution in [-0.2, 0) is 6.54 Å². The van der Waals surface area contributed by atoms with Crippen molar-refractivity contribution >= 4 is 21.6 Å². The smallest absolute Gasteiger partial charge is 0.188 e. The number of benzene rings is 1. The molecule has 0 saturated heterocycles. The lowest BCUT2D eigenvalue weighted by Crippen LogP contribution is -2.31. The fraction of sp³-hybridized carbons (Fsp3) is 0.500. The third-order valence-corrected chi connectivity index (χ3v) is 3.94. The Kier molecular flexibility index (Phi) is 4.34. The molecule has 0 aliphatic carbocycles. The van der Waals surface area contributed by atoms with Crippen LogP contribution in [0.25, 0.3) is 10.2 Å². The molecule has 2 rings (SSSR count). The van der Waals surface area contributed by atoms with E-state index in [2.05, 4.69) is 41.3 Å². The predicted octanol–water partition coefficient (Wildman–Crippen LogP) is 4.16. The molecule has 0 atom stereocenters.